The van der Waals surface area contributed by atoms with E-state index in [1.165, 1.54) is 9.21 Å². The van der Waals surface area contributed by atoms with E-state index in [0.29, 0.717) is 5.69 Å². The van der Waals surface area contributed by atoms with Crippen LogP contribution < -0.4 is 9.62 Å². The average Bonchev–Trinajstić information content (AvgIpc) is 2.99. The molecular formula is C37H43N3O4S. The molecule has 2 amide bonds. The molecule has 0 saturated carbocycles. The normalized spacial score (nSPS) is 12.1. The Morgan fingerprint density at radius 2 is 1.40 bits per heavy atom. The van der Waals surface area contributed by atoms with Crippen LogP contribution in [0.4, 0.5) is 5.69 Å². The first kappa shape index (κ1) is 33.5. The Morgan fingerprint density at radius 1 is 0.756 bits per heavy atom. The average molecular weight is 626 g/mol. The SMILES string of the molecule is Cc1ccc(S(=O)(=O)N(CC(=O)N(Cc2cccc(C)c2)C(Cc2ccccc2)C(=O)NC(C)C)c2cccc(C)c2C)cc1. The van der Waals surface area contributed by atoms with Crippen molar-refractivity contribution in [2.24, 2.45) is 0 Å². The number of anilines is 1. The minimum Gasteiger partial charge on any atom is -0.352 e. The van der Waals surface area contributed by atoms with Crippen LogP contribution in [0.3, 0.4) is 0 Å². The Balaban J connectivity index is 1.84. The second kappa shape index (κ2) is 14.6. The lowest BCUT2D eigenvalue weighted by atomic mass is 10.0. The van der Waals surface area contributed by atoms with Gasteiger partial charge in [0.2, 0.25) is 11.8 Å². The van der Waals surface area contributed by atoms with Crippen molar-refractivity contribution < 1.29 is 18.0 Å². The van der Waals surface area contributed by atoms with Crippen molar-refractivity contribution in [2.75, 3.05) is 10.8 Å². The fraction of sp³-hybridized carbons (Fsp3) is 0.297. The molecule has 0 aromatic heterocycles. The number of hydrogen-bond donors (Lipinski definition) is 1. The summed E-state index contributed by atoms with van der Waals surface area (Å²) in [5.74, 6) is -0.775. The number of rotatable bonds is 12. The zero-order chi connectivity index (χ0) is 32.7. The predicted molar refractivity (Wildman–Crippen MR) is 181 cm³/mol. The van der Waals surface area contributed by atoms with Crippen molar-refractivity contribution in [3.8, 4) is 0 Å². The molecule has 1 unspecified atom stereocenters. The van der Waals surface area contributed by atoms with Gasteiger partial charge in [0, 0.05) is 19.0 Å². The first-order valence-corrected chi connectivity index (χ1v) is 16.7. The van der Waals surface area contributed by atoms with E-state index >= 15 is 0 Å². The Labute approximate surface area is 268 Å². The van der Waals surface area contributed by atoms with Crippen molar-refractivity contribution in [1.29, 1.82) is 0 Å². The van der Waals surface area contributed by atoms with Gasteiger partial charge in [-0.25, -0.2) is 8.42 Å². The highest BCUT2D eigenvalue weighted by atomic mass is 32.2. The molecule has 0 saturated heterocycles. The van der Waals surface area contributed by atoms with Crippen LogP contribution in [0, 0.1) is 27.7 Å². The predicted octanol–water partition coefficient (Wildman–Crippen LogP) is 6.28. The van der Waals surface area contributed by atoms with Gasteiger partial charge in [-0.1, -0.05) is 90.0 Å². The Hall–Kier alpha value is -4.43. The van der Waals surface area contributed by atoms with Gasteiger partial charge in [0.05, 0.1) is 10.6 Å². The molecule has 8 heteroatoms. The van der Waals surface area contributed by atoms with Crippen molar-refractivity contribution in [3.05, 3.63) is 130 Å². The van der Waals surface area contributed by atoms with Crippen LogP contribution in [-0.4, -0.2) is 43.8 Å². The maximum Gasteiger partial charge on any atom is 0.264 e. The molecule has 0 bridgehead atoms. The third-order valence-corrected chi connectivity index (χ3v) is 9.64. The second-order valence-electron chi connectivity index (χ2n) is 11.9. The van der Waals surface area contributed by atoms with Crippen LogP contribution in [0.15, 0.2) is 102 Å². The molecular weight excluding hydrogens is 582 g/mol. The largest absolute Gasteiger partial charge is 0.352 e. The number of nitrogens with zero attached hydrogens (tertiary/aromatic N) is 2. The molecule has 4 aromatic rings. The molecule has 0 heterocycles. The Morgan fingerprint density at radius 3 is 2.04 bits per heavy atom. The summed E-state index contributed by atoms with van der Waals surface area (Å²) in [6, 6.07) is 28.3. The number of amides is 2. The summed E-state index contributed by atoms with van der Waals surface area (Å²) in [4.78, 5) is 30.1. The third-order valence-electron chi connectivity index (χ3n) is 7.87. The van der Waals surface area contributed by atoms with Gasteiger partial charge in [-0.3, -0.25) is 13.9 Å². The summed E-state index contributed by atoms with van der Waals surface area (Å²) >= 11 is 0. The number of nitrogens with one attached hydrogen (secondary N) is 1. The highest BCUT2D eigenvalue weighted by Crippen LogP contribution is 2.29. The lowest BCUT2D eigenvalue weighted by molar-refractivity contribution is -0.140. The van der Waals surface area contributed by atoms with Gasteiger partial charge in [0.25, 0.3) is 10.0 Å². The molecule has 7 nitrogen and oxygen atoms in total. The number of carbonyl (C=O) groups excluding carboxylic acids is 2. The van der Waals surface area contributed by atoms with E-state index < -0.39 is 28.5 Å². The molecule has 4 aromatic carbocycles. The smallest absolute Gasteiger partial charge is 0.264 e. The van der Waals surface area contributed by atoms with E-state index in [1.807, 2.05) is 102 Å². The fourth-order valence-electron chi connectivity index (χ4n) is 5.30. The molecule has 1 atom stereocenters. The van der Waals surface area contributed by atoms with Crippen LogP contribution in [0.25, 0.3) is 0 Å². The lowest BCUT2D eigenvalue weighted by Crippen LogP contribution is -2.54. The Bertz CT molecular complexity index is 1740. The highest BCUT2D eigenvalue weighted by Gasteiger charge is 2.35. The number of aryl methyl sites for hydroxylation is 3. The van der Waals surface area contributed by atoms with E-state index in [9.17, 15) is 18.0 Å². The zero-order valence-electron chi connectivity index (χ0n) is 26.9. The lowest BCUT2D eigenvalue weighted by Gasteiger charge is -2.34. The quantitative estimate of drug-likeness (QED) is 0.201. The Kier molecular flexibility index (Phi) is 10.8. The molecule has 1 N–H and O–H groups in total. The molecule has 0 spiro atoms. The van der Waals surface area contributed by atoms with E-state index in [-0.39, 0.29) is 29.8 Å². The summed E-state index contributed by atoms with van der Waals surface area (Å²) < 4.78 is 29.8. The minimum absolute atomic E-state index is 0.0884. The van der Waals surface area contributed by atoms with Crippen molar-refractivity contribution >= 4 is 27.5 Å². The minimum atomic E-state index is -4.16. The van der Waals surface area contributed by atoms with Gasteiger partial charge in [0.1, 0.15) is 12.6 Å². The summed E-state index contributed by atoms with van der Waals surface area (Å²) in [6.07, 6.45) is 0.269. The zero-order valence-corrected chi connectivity index (χ0v) is 27.8. The van der Waals surface area contributed by atoms with Crippen LogP contribution in [0.5, 0.6) is 0 Å². The maximum absolute atomic E-state index is 14.6. The first-order chi connectivity index (χ1) is 21.4. The van der Waals surface area contributed by atoms with Crippen LogP contribution in [0.1, 0.15) is 47.2 Å². The van der Waals surface area contributed by atoms with Crippen molar-refractivity contribution in [1.82, 2.24) is 10.2 Å². The summed E-state index contributed by atoms with van der Waals surface area (Å²) in [6.45, 7) is 11.0. The second-order valence-corrected chi connectivity index (χ2v) is 13.8. The molecule has 0 aliphatic carbocycles. The van der Waals surface area contributed by atoms with Gasteiger partial charge in [-0.2, -0.15) is 0 Å². The third kappa shape index (κ3) is 8.39. The number of sulfonamides is 1. The van der Waals surface area contributed by atoms with Crippen molar-refractivity contribution in [3.63, 3.8) is 0 Å². The molecule has 0 aliphatic heterocycles. The molecule has 4 rings (SSSR count). The molecule has 0 radical (unpaired) electrons. The topological polar surface area (TPSA) is 86.8 Å². The van der Waals surface area contributed by atoms with E-state index in [2.05, 4.69) is 5.32 Å². The summed E-state index contributed by atoms with van der Waals surface area (Å²) in [5, 5.41) is 2.99. The van der Waals surface area contributed by atoms with Crippen LogP contribution >= 0.6 is 0 Å². The summed E-state index contributed by atoms with van der Waals surface area (Å²) in [5.41, 5.74) is 5.76. The van der Waals surface area contributed by atoms with Gasteiger partial charge in [0.15, 0.2) is 0 Å². The van der Waals surface area contributed by atoms with Gasteiger partial charge < -0.3 is 10.2 Å². The van der Waals surface area contributed by atoms with Crippen molar-refractivity contribution in [2.45, 2.75) is 71.5 Å². The fourth-order valence-corrected chi connectivity index (χ4v) is 6.77. The van der Waals surface area contributed by atoms with E-state index in [0.717, 1.165) is 33.4 Å². The number of benzene rings is 4. The van der Waals surface area contributed by atoms with E-state index in [4.69, 9.17) is 0 Å². The van der Waals surface area contributed by atoms with Crippen LogP contribution in [-0.2, 0) is 32.6 Å². The molecule has 236 valence electrons. The maximum atomic E-state index is 14.6. The van der Waals surface area contributed by atoms with Gasteiger partial charge in [-0.05, 0) is 82.0 Å². The van der Waals surface area contributed by atoms with Gasteiger partial charge in [-0.15, -0.1) is 0 Å². The molecule has 0 fully saturated rings. The van der Waals surface area contributed by atoms with Crippen LogP contribution in [0.2, 0.25) is 0 Å². The summed E-state index contributed by atoms with van der Waals surface area (Å²) in [7, 11) is -4.16. The van der Waals surface area contributed by atoms with Gasteiger partial charge >= 0.3 is 0 Å². The van der Waals surface area contributed by atoms with E-state index in [1.54, 1.807) is 36.4 Å². The number of carbonyl (C=O) groups is 2. The number of hydrogen-bond acceptors (Lipinski definition) is 4. The standard InChI is InChI=1S/C37H43N3O4S/c1-26(2)38-37(42)35(23-31-14-8-7-9-15-31)39(24-32-16-10-12-28(4)22-32)36(41)25-40(34-17-11-13-29(5)30(34)6)45(43,44)33-20-18-27(3)19-21-33/h7-22,26,35H,23-25H2,1-6H3,(H,38,42). The molecule has 45 heavy (non-hydrogen) atoms. The molecule has 0 aliphatic rings. The monoisotopic (exact) mass is 625 g/mol. The first-order valence-electron chi connectivity index (χ1n) is 15.2. The highest BCUT2D eigenvalue weighted by molar-refractivity contribution is 7.92.